The van der Waals surface area contributed by atoms with Crippen LogP contribution in [0.25, 0.3) is 0 Å². The van der Waals surface area contributed by atoms with Crippen LogP contribution in [0.3, 0.4) is 0 Å². The van der Waals surface area contributed by atoms with Gasteiger partial charge in [0.1, 0.15) is 0 Å². The fraction of sp³-hybridized carbons (Fsp3) is 0.200. The molecule has 2 aromatic rings. The van der Waals surface area contributed by atoms with Crippen molar-refractivity contribution in [1.82, 2.24) is 4.98 Å². The number of nitrogens with zero attached hydrogens (tertiary/aromatic N) is 1. The topological polar surface area (TPSA) is 30.0 Å². The van der Waals surface area contributed by atoms with Gasteiger partial charge in [0.05, 0.1) is 4.88 Å². The van der Waals surface area contributed by atoms with Crippen molar-refractivity contribution >= 4 is 28.5 Å². The van der Waals surface area contributed by atoms with Crippen molar-refractivity contribution in [1.29, 1.82) is 0 Å². The van der Waals surface area contributed by atoms with Gasteiger partial charge in [0.15, 0.2) is 10.8 Å². The Kier molecular flexibility index (Phi) is 3.30. The quantitative estimate of drug-likeness (QED) is 0.802. The second kappa shape index (κ2) is 4.58. The Labute approximate surface area is 103 Å². The Morgan fingerprint density at radius 3 is 2.71 bits per heavy atom. The van der Waals surface area contributed by atoms with Crippen LogP contribution in [0.1, 0.15) is 20.2 Å². The number of hydrogen-bond acceptors (Lipinski definition) is 4. The molecule has 0 atom stereocenters. The fourth-order valence-electron chi connectivity index (χ4n) is 1.20. The summed E-state index contributed by atoms with van der Waals surface area (Å²) in [6.07, 6.45) is -3.38. The van der Waals surface area contributed by atoms with E-state index in [2.05, 4.69) is 4.98 Å². The van der Waals surface area contributed by atoms with Gasteiger partial charge in [0, 0.05) is 12.6 Å². The molecule has 0 saturated carbocycles. The van der Waals surface area contributed by atoms with Gasteiger partial charge in [0.2, 0.25) is 0 Å². The molecule has 2 aromatic heterocycles. The standard InChI is InChI=1S/C10H6F3NOS2/c11-10(12,13)9-14-4-8(17-9)7(15)3-6-1-2-16-5-6/h1-2,4-5H,3H2. The van der Waals surface area contributed by atoms with Crippen LogP contribution in [-0.2, 0) is 12.6 Å². The normalized spacial score (nSPS) is 11.7. The lowest BCUT2D eigenvalue weighted by Crippen LogP contribution is -2.03. The van der Waals surface area contributed by atoms with Gasteiger partial charge in [-0.25, -0.2) is 4.98 Å². The summed E-state index contributed by atoms with van der Waals surface area (Å²) in [6.45, 7) is 0. The average Bonchev–Trinajstić information content (AvgIpc) is 2.85. The van der Waals surface area contributed by atoms with E-state index < -0.39 is 11.2 Å². The molecule has 2 rings (SSSR count). The van der Waals surface area contributed by atoms with Crippen molar-refractivity contribution in [2.24, 2.45) is 0 Å². The highest BCUT2D eigenvalue weighted by atomic mass is 32.1. The van der Waals surface area contributed by atoms with Gasteiger partial charge in [-0.3, -0.25) is 4.79 Å². The number of carbonyl (C=O) groups is 1. The molecule has 90 valence electrons. The summed E-state index contributed by atoms with van der Waals surface area (Å²) >= 11 is 1.83. The first kappa shape index (κ1) is 12.3. The molecule has 0 radical (unpaired) electrons. The van der Waals surface area contributed by atoms with Gasteiger partial charge >= 0.3 is 6.18 Å². The van der Waals surface area contributed by atoms with Gasteiger partial charge < -0.3 is 0 Å². The third kappa shape index (κ3) is 2.92. The van der Waals surface area contributed by atoms with Crippen LogP contribution in [0.4, 0.5) is 13.2 Å². The summed E-state index contributed by atoms with van der Waals surface area (Å²) in [5, 5.41) is 2.63. The molecule has 0 aliphatic heterocycles. The molecule has 0 aliphatic rings. The number of rotatable bonds is 3. The Morgan fingerprint density at radius 1 is 1.41 bits per heavy atom. The van der Waals surface area contributed by atoms with Crippen molar-refractivity contribution in [3.05, 3.63) is 38.5 Å². The fourth-order valence-corrected chi connectivity index (χ4v) is 2.59. The molecule has 0 aromatic carbocycles. The molecule has 0 spiro atoms. The predicted molar refractivity (Wildman–Crippen MR) is 59.5 cm³/mol. The summed E-state index contributed by atoms with van der Waals surface area (Å²) in [7, 11) is 0. The van der Waals surface area contributed by atoms with Crippen molar-refractivity contribution in [3.63, 3.8) is 0 Å². The van der Waals surface area contributed by atoms with Gasteiger partial charge in [-0.1, -0.05) is 0 Å². The van der Waals surface area contributed by atoms with Crippen molar-refractivity contribution < 1.29 is 18.0 Å². The van der Waals surface area contributed by atoms with Gasteiger partial charge in [0.25, 0.3) is 0 Å². The number of halogens is 3. The highest BCUT2D eigenvalue weighted by Gasteiger charge is 2.35. The molecule has 7 heteroatoms. The maximum Gasteiger partial charge on any atom is 0.443 e. The highest BCUT2D eigenvalue weighted by Crippen LogP contribution is 2.32. The number of alkyl halides is 3. The number of thiazole rings is 1. The third-order valence-electron chi connectivity index (χ3n) is 1.97. The first-order valence-electron chi connectivity index (χ1n) is 4.54. The number of Topliss-reactive ketones (excluding diaryl/α,β-unsaturated/α-hetero) is 1. The Morgan fingerprint density at radius 2 is 2.18 bits per heavy atom. The van der Waals surface area contributed by atoms with Gasteiger partial charge in [-0.15, -0.1) is 11.3 Å². The maximum absolute atomic E-state index is 12.3. The van der Waals surface area contributed by atoms with E-state index in [9.17, 15) is 18.0 Å². The minimum absolute atomic E-state index is 0.0449. The van der Waals surface area contributed by atoms with Gasteiger partial charge in [-0.05, 0) is 22.4 Å². The summed E-state index contributed by atoms with van der Waals surface area (Å²) in [5.41, 5.74) is 0.807. The number of aromatic nitrogens is 1. The van der Waals surface area contributed by atoms with E-state index in [0.717, 1.165) is 11.8 Å². The van der Waals surface area contributed by atoms with Crippen molar-refractivity contribution in [3.8, 4) is 0 Å². The van der Waals surface area contributed by atoms with Crippen LogP contribution in [0.2, 0.25) is 0 Å². The van der Waals surface area contributed by atoms with E-state index in [4.69, 9.17) is 0 Å². The summed E-state index contributed by atoms with van der Waals surface area (Å²) in [5.74, 6) is -0.337. The zero-order chi connectivity index (χ0) is 12.5. The monoisotopic (exact) mass is 277 g/mol. The van der Waals surface area contributed by atoms with E-state index in [1.54, 1.807) is 11.4 Å². The lowest BCUT2D eigenvalue weighted by atomic mass is 10.1. The Bertz CT molecular complexity index is 516. The van der Waals surface area contributed by atoms with Crippen LogP contribution in [-0.4, -0.2) is 10.8 Å². The zero-order valence-corrected chi connectivity index (χ0v) is 9.96. The molecular formula is C10H6F3NOS2. The van der Waals surface area contributed by atoms with E-state index in [0.29, 0.717) is 11.3 Å². The first-order chi connectivity index (χ1) is 7.97. The molecular weight excluding hydrogens is 271 g/mol. The predicted octanol–water partition coefficient (Wildman–Crippen LogP) is 3.65. The molecule has 0 bridgehead atoms. The zero-order valence-electron chi connectivity index (χ0n) is 8.32. The third-order valence-corrected chi connectivity index (χ3v) is 3.78. The summed E-state index contributed by atoms with van der Waals surface area (Å²) in [6, 6.07) is 1.77. The molecule has 2 nitrogen and oxygen atoms in total. The van der Waals surface area contributed by atoms with Crippen molar-refractivity contribution in [2.75, 3.05) is 0 Å². The average molecular weight is 277 g/mol. The number of carbonyl (C=O) groups excluding carboxylic acids is 1. The minimum atomic E-state index is -4.48. The molecule has 2 heterocycles. The van der Waals surface area contributed by atoms with E-state index in [1.807, 2.05) is 5.38 Å². The van der Waals surface area contributed by atoms with Crippen LogP contribution >= 0.6 is 22.7 Å². The molecule has 0 N–H and O–H groups in total. The number of thiophene rings is 1. The van der Waals surface area contributed by atoms with E-state index in [1.165, 1.54) is 11.3 Å². The summed E-state index contributed by atoms with van der Waals surface area (Å²) < 4.78 is 36.8. The lowest BCUT2D eigenvalue weighted by Gasteiger charge is -1.98. The molecule has 17 heavy (non-hydrogen) atoms. The molecule has 0 saturated heterocycles. The largest absolute Gasteiger partial charge is 0.443 e. The lowest BCUT2D eigenvalue weighted by molar-refractivity contribution is -0.137. The smallest absolute Gasteiger partial charge is 0.293 e. The van der Waals surface area contributed by atoms with E-state index >= 15 is 0 Å². The second-order valence-corrected chi connectivity index (χ2v) is 5.07. The van der Waals surface area contributed by atoms with Crippen LogP contribution < -0.4 is 0 Å². The van der Waals surface area contributed by atoms with Crippen LogP contribution in [0.5, 0.6) is 0 Å². The Balaban J connectivity index is 2.13. The van der Waals surface area contributed by atoms with Crippen molar-refractivity contribution in [2.45, 2.75) is 12.6 Å². The number of hydrogen-bond donors (Lipinski definition) is 0. The molecule has 0 aliphatic carbocycles. The SMILES string of the molecule is O=C(Cc1ccsc1)c1cnc(C(F)(F)F)s1. The van der Waals surface area contributed by atoms with Crippen LogP contribution in [0, 0.1) is 0 Å². The van der Waals surface area contributed by atoms with Gasteiger partial charge in [-0.2, -0.15) is 24.5 Å². The Hall–Kier alpha value is -1.21. The first-order valence-corrected chi connectivity index (χ1v) is 6.30. The molecule has 0 amide bonds. The molecule has 0 unspecified atom stereocenters. The van der Waals surface area contributed by atoms with E-state index in [-0.39, 0.29) is 17.1 Å². The second-order valence-electron chi connectivity index (χ2n) is 3.26. The maximum atomic E-state index is 12.3. The highest BCUT2D eigenvalue weighted by molar-refractivity contribution is 7.13. The summed E-state index contributed by atoms with van der Waals surface area (Å²) in [4.78, 5) is 14.9. The van der Waals surface area contributed by atoms with Crippen LogP contribution in [0.15, 0.2) is 23.0 Å². The molecule has 0 fully saturated rings. The minimum Gasteiger partial charge on any atom is -0.293 e. The number of ketones is 1.